The minimum Gasteiger partial charge on any atom is -0.313 e. The van der Waals surface area contributed by atoms with Crippen molar-refractivity contribution in [2.24, 2.45) is 7.05 Å². The summed E-state index contributed by atoms with van der Waals surface area (Å²) < 4.78 is 2.02. The van der Waals surface area contributed by atoms with Crippen LogP contribution in [0.5, 0.6) is 0 Å². The van der Waals surface area contributed by atoms with Crippen molar-refractivity contribution >= 4 is 23.1 Å². The Hall–Kier alpha value is -0.920. The molecule has 0 aliphatic rings. The van der Waals surface area contributed by atoms with Crippen molar-refractivity contribution in [2.75, 3.05) is 7.05 Å². The van der Waals surface area contributed by atoms with E-state index in [2.05, 4.69) is 20.5 Å². The molecule has 0 aliphatic carbocycles. The molecule has 5 nitrogen and oxygen atoms in total. The Morgan fingerprint density at radius 2 is 2.38 bits per heavy atom. The molecular weight excluding hydrogens is 242 g/mol. The fraction of sp³-hybridized carbons (Fsp3) is 0.444. The van der Waals surface area contributed by atoms with Crippen molar-refractivity contribution in [3.05, 3.63) is 22.4 Å². The molecule has 0 saturated carbocycles. The molecule has 7 heteroatoms. The fourth-order valence-electron chi connectivity index (χ4n) is 1.23. The van der Waals surface area contributed by atoms with Gasteiger partial charge in [-0.25, -0.2) is 0 Å². The van der Waals surface area contributed by atoms with Gasteiger partial charge in [-0.05, 0) is 7.05 Å². The van der Waals surface area contributed by atoms with Crippen LogP contribution in [0.15, 0.2) is 16.9 Å². The van der Waals surface area contributed by atoms with Crippen LogP contribution in [0.3, 0.4) is 0 Å². The Labute approximate surface area is 102 Å². The van der Waals surface area contributed by atoms with Crippen molar-refractivity contribution in [3.8, 4) is 0 Å². The van der Waals surface area contributed by atoms with Crippen LogP contribution in [0.2, 0.25) is 0 Å². The summed E-state index contributed by atoms with van der Waals surface area (Å²) in [6, 6.07) is 0. The standard InChI is InChI=1S/C9H13N5S2/c1-10-4-8-12-13-9(14(8)2)15-5-7-3-11-6-16-7/h3,6,10H,4-5H2,1-2H3. The zero-order valence-electron chi connectivity index (χ0n) is 9.17. The van der Waals surface area contributed by atoms with Crippen LogP contribution < -0.4 is 5.32 Å². The van der Waals surface area contributed by atoms with Crippen molar-refractivity contribution in [1.29, 1.82) is 0 Å². The van der Waals surface area contributed by atoms with Gasteiger partial charge in [0.1, 0.15) is 5.82 Å². The number of thiazole rings is 1. The van der Waals surface area contributed by atoms with E-state index in [1.807, 2.05) is 30.4 Å². The molecule has 0 aliphatic heterocycles. The van der Waals surface area contributed by atoms with E-state index in [4.69, 9.17) is 0 Å². The fourth-order valence-corrected chi connectivity index (χ4v) is 2.80. The molecule has 0 spiro atoms. The minimum absolute atomic E-state index is 0.741. The van der Waals surface area contributed by atoms with E-state index < -0.39 is 0 Å². The van der Waals surface area contributed by atoms with E-state index >= 15 is 0 Å². The Kier molecular flexibility index (Phi) is 3.92. The summed E-state index contributed by atoms with van der Waals surface area (Å²) >= 11 is 3.35. The summed E-state index contributed by atoms with van der Waals surface area (Å²) in [5, 5.41) is 12.3. The lowest BCUT2D eigenvalue weighted by Crippen LogP contribution is -2.10. The average molecular weight is 255 g/mol. The lowest BCUT2D eigenvalue weighted by Gasteiger charge is -2.01. The smallest absolute Gasteiger partial charge is 0.191 e. The molecule has 2 rings (SSSR count). The monoisotopic (exact) mass is 255 g/mol. The highest BCUT2D eigenvalue weighted by Gasteiger charge is 2.08. The molecule has 2 aromatic rings. The maximum atomic E-state index is 4.15. The normalized spacial score (nSPS) is 10.9. The van der Waals surface area contributed by atoms with Crippen molar-refractivity contribution in [1.82, 2.24) is 25.1 Å². The second-order valence-corrected chi connectivity index (χ2v) is 5.16. The first-order chi connectivity index (χ1) is 7.81. The minimum atomic E-state index is 0.741. The van der Waals surface area contributed by atoms with Crippen LogP contribution in [-0.2, 0) is 19.3 Å². The molecule has 0 saturated heterocycles. The van der Waals surface area contributed by atoms with Gasteiger partial charge in [0, 0.05) is 23.9 Å². The highest BCUT2D eigenvalue weighted by molar-refractivity contribution is 7.98. The molecular formula is C9H13N5S2. The largest absolute Gasteiger partial charge is 0.313 e. The molecule has 0 aromatic carbocycles. The molecule has 2 heterocycles. The third kappa shape index (κ3) is 2.60. The zero-order chi connectivity index (χ0) is 11.4. The van der Waals surface area contributed by atoms with Gasteiger partial charge < -0.3 is 9.88 Å². The highest BCUT2D eigenvalue weighted by atomic mass is 32.2. The lowest BCUT2D eigenvalue weighted by atomic mass is 10.6. The Bertz CT molecular complexity index is 437. The molecule has 1 N–H and O–H groups in total. The Morgan fingerprint density at radius 3 is 3.06 bits per heavy atom. The predicted molar refractivity (Wildman–Crippen MR) is 65.4 cm³/mol. The molecule has 2 aromatic heterocycles. The second-order valence-electron chi connectivity index (χ2n) is 3.24. The van der Waals surface area contributed by atoms with Gasteiger partial charge in [0.15, 0.2) is 5.16 Å². The van der Waals surface area contributed by atoms with Crippen molar-refractivity contribution in [2.45, 2.75) is 17.5 Å². The molecule has 0 radical (unpaired) electrons. The van der Waals surface area contributed by atoms with Crippen LogP contribution in [0.1, 0.15) is 10.7 Å². The van der Waals surface area contributed by atoms with Crippen LogP contribution in [-0.4, -0.2) is 26.8 Å². The second kappa shape index (κ2) is 5.42. The predicted octanol–water partition coefficient (Wildman–Crippen LogP) is 1.28. The van der Waals surface area contributed by atoms with Gasteiger partial charge in [-0.2, -0.15) is 0 Å². The van der Waals surface area contributed by atoms with E-state index in [0.717, 1.165) is 23.3 Å². The Morgan fingerprint density at radius 1 is 1.50 bits per heavy atom. The SMILES string of the molecule is CNCc1nnc(SCc2cncs2)n1C. The molecule has 0 unspecified atom stereocenters. The van der Waals surface area contributed by atoms with Crippen LogP contribution >= 0.6 is 23.1 Å². The molecule has 0 fully saturated rings. The first-order valence-electron chi connectivity index (χ1n) is 4.84. The summed E-state index contributed by atoms with van der Waals surface area (Å²) in [4.78, 5) is 5.30. The van der Waals surface area contributed by atoms with E-state index in [-0.39, 0.29) is 0 Å². The number of aromatic nitrogens is 4. The number of nitrogens with zero attached hydrogens (tertiary/aromatic N) is 4. The number of nitrogens with one attached hydrogen (secondary N) is 1. The average Bonchev–Trinajstić information content (AvgIpc) is 2.89. The van der Waals surface area contributed by atoms with E-state index in [1.165, 1.54) is 4.88 Å². The van der Waals surface area contributed by atoms with Crippen LogP contribution in [0.4, 0.5) is 0 Å². The van der Waals surface area contributed by atoms with Crippen molar-refractivity contribution in [3.63, 3.8) is 0 Å². The summed E-state index contributed by atoms with van der Waals surface area (Å²) in [5.41, 5.74) is 1.85. The van der Waals surface area contributed by atoms with Crippen LogP contribution in [0, 0.1) is 0 Å². The lowest BCUT2D eigenvalue weighted by molar-refractivity contribution is 0.682. The number of hydrogen-bond acceptors (Lipinski definition) is 6. The van der Waals surface area contributed by atoms with Gasteiger partial charge in [-0.3, -0.25) is 4.98 Å². The Balaban J connectivity index is 1.99. The molecule has 0 amide bonds. The summed E-state index contributed by atoms with van der Waals surface area (Å²) in [6.45, 7) is 0.741. The van der Waals surface area contributed by atoms with Gasteiger partial charge in [-0.15, -0.1) is 21.5 Å². The van der Waals surface area contributed by atoms with Crippen LogP contribution in [0.25, 0.3) is 0 Å². The molecule has 86 valence electrons. The maximum Gasteiger partial charge on any atom is 0.191 e. The van der Waals surface area contributed by atoms with Gasteiger partial charge in [-0.1, -0.05) is 11.8 Å². The topological polar surface area (TPSA) is 55.6 Å². The van der Waals surface area contributed by atoms with E-state index in [0.29, 0.717) is 0 Å². The van der Waals surface area contributed by atoms with E-state index in [1.54, 1.807) is 23.1 Å². The first-order valence-corrected chi connectivity index (χ1v) is 6.71. The van der Waals surface area contributed by atoms with Gasteiger partial charge in [0.05, 0.1) is 12.1 Å². The molecule has 0 atom stereocenters. The van der Waals surface area contributed by atoms with Gasteiger partial charge >= 0.3 is 0 Å². The number of thioether (sulfide) groups is 1. The third-order valence-corrected chi connectivity index (χ3v) is 4.12. The summed E-state index contributed by atoms with van der Waals surface area (Å²) in [7, 11) is 3.89. The zero-order valence-corrected chi connectivity index (χ0v) is 10.8. The maximum absolute atomic E-state index is 4.15. The van der Waals surface area contributed by atoms with Crippen molar-refractivity contribution < 1.29 is 0 Å². The van der Waals surface area contributed by atoms with Gasteiger partial charge in [0.25, 0.3) is 0 Å². The van der Waals surface area contributed by atoms with Gasteiger partial charge in [0.2, 0.25) is 0 Å². The molecule has 16 heavy (non-hydrogen) atoms. The first kappa shape index (κ1) is 11.6. The molecule has 0 bridgehead atoms. The number of hydrogen-bond donors (Lipinski definition) is 1. The summed E-state index contributed by atoms with van der Waals surface area (Å²) in [5.74, 6) is 1.85. The van der Waals surface area contributed by atoms with E-state index in [9.17, 15) is 0 Å². The number of rotatable bonds is 5. The summed E-state index contributed by atoms with van der Waals surface area (Å²) in [6.07, 6.45) is 1.89. The quantitative estimate of drug-likeness (QED) is 0.816. The highest BCUT2D eigenvalue weighted by Crippen LogP contribution is 2.22. The third-order valence-electron chi connectivity index (χ3n) is 2.09.